The minimum absolute atomic E-state index is 0.118. The fourth-order valence-electron chi connectivity index (χ4n) is 4.51. The predicted molar refractivity (Wildman–Crippen MR) is 134 cm³/mol. The molecule has 5 N–H and O–H groups in total. The van der Waals surface area contributed by atoms with Gasteiger partial charge in [-0.15, -0.1) is 0 Å². The first-order valence-electron chi connectivity index (χ1n) is 12.3. The smallest absolute Gasteiger partial charge is 0.246 e. The van der Waals surface area contributed by atoms with Gasteiger partial charge in [0.1, 0.15) is 17.8 Å². The van der Waals surface area contributed by atoms with Crippen LogP contribution in [0.25, 0.3) is 0 Å². The third kappa shape index (κ3) is 7.05. The quantitative estimate of drug-likeness (QED) is 0.392. The van der Waals surface area contributed by atoms with Crippen molar-refractivity contribution in [3.8, 4) is 5.75 Å². The molecule has 35 heavy (non-hydrogen) atoms. The minimum Gasteiger partial charge on any atom is -0.508 e. The van der Waals surface area contributed by atoms with Gasteiger partial charge in [-0.05, 0) is 48.6 Å². The fourth-order valence-corrected chi connectivity index (χ4v) is 4.51. The molecule has 0 bridgehead atoms. The van der Waals surface area contributed by atoms with Crippen molar-refractivity contribution < 1.29 is 19.5 Å². The average Bonchev–Trinajstić information content (AvgIpc) is 3.39. The van der Waals surface area contributed by atoms with Gasteiger partial charge in [-0.1, -0.05) is 62.7 Å². The van der Waals surface area contributed by atoms with Gasteiger partial charge in [0.15, 0.2) is 0 Å². The first-order chi connectivity index (χ1) is 16.8. The number of benzene rings is 2. The topological polar surface area (TPSA) is 125 Å². The Labute approximate surface area is 206 Å². The lowest BCUT2D eigenvalue weighted by Crippen LogP contribution is -2.58. The second-order valence-electron chi connectivity index (χ2n) is 9.27. The first-order valence-corrected chi connectivity index (χ1v) is 12.3. The van der Waals surface area contributed by atoms with Gasteiger partial charge in [0.25, 0.3) is 0 Å². The second kappa shape index (κ2) is 12.4. The number of aromatic hydroxyl groups is 1. The van der Waals surface area contributed by atoms with Crippen LogP contribution in [0.15, 0.2) is 54.6 Å². The van der Waals surface area contributed by atoms with E-state index >= 15 is 0 Å². The number of nitrogens with one attached hydrogen (secondary N) is 2. The molecule has 1 aliphatic rings. The lowest BCUT2D eigenvalue weighted by atomic mass is 9.94. The maximum absolute atomic E-state index is 14.1. The van der Waals surface area contributed by atoms with E-state index in [2.05, 4.69) is 10.6 Å². The van der Waals surface area contributed by atoms with Crippen LogP contribution in [0.2, 0.25) is 0 Å². The molecule has 3 rings (SSSR count). The molecular weight excluding hydrogens is 444 g/mol. The van der Waals surface area contributed by atoms with Gasteiger partial charge in [0, 0.05) is 13.0 Å². The Kier molecular flexibility index (Phi) is 9.25. The second-order valence-corrected chi connectivity index (χ2v) is 9.27. The van der Waals surface area contributed by atoms with Crippen LogP contribution in [-0.4, -0.2) is 52.4 Å². The maximum atomic E-state index is 14.1. The molecule has 1 aliphatic heterocycles. The molecule has 1 saturated heterocycles. The van der Waals surface area contributed by atoms with Crippen LogP contribution >= 0.6 is 0 Å². The Bertz CT molecular complexity index is 990. The number of amides is 3. The summed E-state index contributed by atoms with van der Waals surface area (Å²) in [6.07, 6.45) is 2.48. The van der Waals surface area contributed by atoms with Crippen molar-refractivity contribution in [3.05, 3.63) is 65.7 Å². The van der Waals surface area contributed by atoms with E-state index in [1.54, 1.807) is 24.3 Å². The van der Waals surface area contributed by atoms with Crippen molar-refractivity contribution in [1.29, 1.82) is 0 Å². The number of phenols is 1. The fraction of sp³-hybridized carbons (Fsp3) is 0.444. The van der Waals surface area contributed by atoms with E-state index in [1.165, 1.54) is 4.90 Å². The Morgan fingerprint density at radius 3 is 2.37 bits per heavy atom. The number of primary amides is 1. The van der Waals surface area contributed by atoms with Gasteiger partial charge >= 0.3 is 0 Å². The predicted octanol–water partition coefficient (Wildman–Crippen LogP) is 2.10. The molecule has 188 valence electrons. The van der Waals surface area contributed by atoms with Gasteiger partial charge < -0.3 is 26.4 Å². The summed E-state index contributed by atoms with van der Waals surface area (Å²) >= 11 is 0. The van der Waals surface area contributed by atoms with Crippen LogP contribution in [0.5, 0.6) is 5.75 Å². The number of carbonyl (C=O) groups excluding carboxylic acids is 3. The first kappa shape index (κ1) is 26.2. The van der Waals surface area contributed by atoms with Crippen molar-refractivity contribution in [3.63, 3.8) is 0 Å². The summed E-state index contributed by atoms with van der Waals surface area (Å²) in [5, 5.41) is 15.8. The lowest BCUT2D eigenvalue weighted by Gasteiger charge is -2.36. The summed E-state index contributed by atoms with van der Waals surface area (Å²) in [5.41, 5.74) is 7.46. The number of carbonyl (C=O) groups is 3. The summed E-state index contributed by atoms with van der Waals surface area (Å²) < 4.78 is 0. The molecule has 0 aliphatic carbocycles. The molecule has 3 amide bonds. The van der Waals surface area contributed by atoms with Crippen LogP contribution < -0.4 is 16.4 Å². The maximum Gasteiger partial charge on any atom is 0.246 e. The number of phenolic OH excluding ortho intramolecular Hbond substituents is 1. The number of nitrogens with zero attached hydrogens (tertiary/aromatic N) is 1. The van der Waals surface area contributed by atoms with E-state index in [1.807, 2.05) is 44.2 Å². The molecule has 0 radical (unpaired) electrons. The van der Waals surface area contributed by atoms with Gasteiger partial charge in [-0.3, -0.25) is 14.4 Å². The van der Waals surface area contributed by atoms with E-state index in [4.69, 9.17) is 5.73 Å². The van der Waals surface area contributed by atoms with Crippen molar-refractivity contribution in [1.82, 2.24) is 15.5 Å². The van der Waals surface area contributed by atoms with E-state index in [0.29, 0.717) is 12.8 Å². The van der Waals surface area contributed by atoms with Gasteiger partial charge in [0.05, 0.1) is 6.04 Å². The van der Waals surface area contributed by atoms with Crippen LogP contribution in [0, 0.1) is 5.92 Å². The number of hydrogen-bond acceptors (Lipinski definition) is 5. The van der Waals surface area contributed by atoms with Crippen molar-refractivity contribution >= 4 is 17.7 Å². The molecule has 0 saturated carbocycles. The van der Waals surface area contributed by atoms with Crippen LogP contribution in [0.4, 0.5) is 0 Å². The van der Waals surface area contributed by atoms with Crippen molar-refractivity contribution in [2.45, 2.75) is 64.2 Å². The van der Waals surface area contributed by atoms with Crippen LogP contribution in [-0.2, 0) is 27.3 Å². The Balaban J connectivity index is 1.95. The highest BCUT2D eigenvalue weighted by Gasteiger charge is 2.37. The van der Waals surface area contributed by atoms with Crippen molar-refractivity contribution in [2.75, 3.05) is 6.54 Å². The molecular formula is C27H36N4O4. The average molecular weight is 481 g/mol. The molecule has 8 nitrogen and oxygen atoms in total. The lowest BCUT2D eigenvalue weighted by molar-refractivity contribution is -0.145. The van der Waals surface area contributed by atoms with E-state index in [9.17, 15) is 19.5 Å². The zero-order valence-corrected chi connectivity index (χ0v) is 20.4. The van der Waals surface area contributed by atoms with Crippen LogP contribution in [0.1, 0.15) is 44.2 Å². The highest BCUT2D eigenvalue weighted by Crippen LogP contribution is 2.21. The van der Waals surface area contributed by atoms with E-state index < -0.39 is 18.0 Å². The number of hydrogen-bond donors (Lipinski definition) is 4. The van der Waals surface area contributed by atoms with E-state index in [-0.39, 0.29) is 42.5 Å². The van der Waals surface area contributed by atoms with Gasteiger partial charge in [0.2, 0.25) is 17.7 Å². The molecule has 0 unspecified atom stereocenters. The molecule has 2 aromatic rings. The molecule has 2 aromatic carbocycles. The SMILES string of the molecule is CC[C@H](C)[C@@H](C(N)=O)N(Cc1ccccc1)C(=O)[C@H](Cc1ccc(O)cc1)NC(=O)[C@@H]1CCCN1. The zero-order valence-electron chi connectivity index (χ0n) is 20.4. The third-order valence-corrected chi connectivity index (χ3v) is 6.66. The Morgan fingerprint density at radius 2 is 1.80 bits per heavy atom. The summed E-state index contributed by atoms with van der Waals surface area (Å²) in [5.74, 6) is -1.22. The molecule has 1 fully saturated rings. The van der Waals surface area contributed by atoms with E-state index in [0.717, 1.165) is 24.1 Å². The monoisotopic (exact) mass is 480 g/mol. The molecule has 0 spiro atoms. The molecule has 4 atom stereocenters. The highest BCUT2D eigenvalue weighted by atomic mass is 16.3. The summed E-state index contributed by atoms with van der Waals surface area (Å²) in [4.78, 5) is 41.2. The van der Waals surface area contributed by atoms with Crippen LogP contribution in [0.3, 0.4) is 0 Å². The molecule has 1 heterocycles. The minimum atomic E-state index is -0.899. The molecule has 8 heteroatoms. The molecule has 0 aromatic heterocycles. The van der Waals surface area contributed by atoms with Gasteiger partial charge in [-0.25, -0.2) is 0 Å². The number of nitrogens with two attached hydrogens (primary N) is 1. The number of rotatable bonds is 11. The third-order valence-electron chi connectivity index (χ3n) is 6.66. The highest BCUT2D eigenvalue weighted by molar-refractivity contribution is 5.93. The Hall–Kier alpha value is -3.39. The zero-order chi connectivity index (χ0) is 25.4. The summed E-state index contributed by atoms with van der Waals surface area (Å²) in [6.45, 7) is 4.80. The van der Waals surface area contributed by atoms with Gasteiger partial charge in [-0.2, -0.15) is 0 Å². The standard InChI is InChI=1S/C27H36N4O4/c1-3-18(2)24(25(28)33)31(17-20-8-5-4-6-9-20)27(35)23(16-19-11-13-21(32)14-12-19)30-26(34)22-10-7-15-29-22/h4-6,8-9,11-14,18,22-24,29,32H,3,7,10,15-17H2,1-2H3,(H2,28,33)(H,30,34)/t18-,22-,23-,24-/m0/s1. The Morgan fingerprint density at radius 1 is 1.11 bits per heavy atom. The summed E-state index contributed by atoms with van der Waals surface area (Å²) in [6, 6.07) is 13.9. The largest absolute Gasteiger partial charge is 0.508 e. The summed E-state index contributed by atoms with van der Waals surface area (Å²) in [7, 11) is 0. The normalized spacial score (nSPS) is 17.8. The van der Waals surface area contributed by atoms with Crippen molar-refractivity contribution in [2.24, 2.45) is 11.7 Å².